The zero-order chi connectivity index (χ0) is 13.1. The summed E-state index contributed by atoms with van der Waals surface area (Å²) in [4.78, 5) is 19.1. The predicted molar refractivity (Wildman–Crippen MR) is 67.8 cm³/mol. The molecular formula is C11H12ClN5O. The monoisotopic (exact) mass is 265 g/mol. The van der Waals surface area contributed by atoms with E-state index in [1.54, 1.807) is 13.1 Å². The molecule has 0 aliphatic rings. The average molecular weight is 266 g/mol. The molecule has 2 aromatic rings. The van der Waals surface area contributed by atoms with E-state index in [0.717, 1.165) is 11.3 Å². The molecule has 0 bridgehead atoms. The lowest BCUT2D eigenvalue weighted by Crippen LogP contribution is -2.07. The lowest BCUT2D eigenvalue weighted by Gasteiger charge is -2.09. The molecule has 7 heteroatoms. The van der Waals surface area contributed by atoms with Crippen LogP contribution in [0.1, 0.15) is 27.4 Å². The molecule has 0 aliphatic carbocycles. The zero-order valence-corrected chi connectivity index (χ0v) is 10.7. The third kappa shape index (κ3) is 2.48. The average Bonchev–Trinajstić information content (AvgIpc) is 2.71. The van der Waals surface area contributed by atoms with Crippen LogP contribution in [0.4, 0.5) is 5.82 Å². The minimum atomic E-state index is 0.156. The number of halogens is 1. The Labute approximate surface area is 109 Å². The summed E-state index contributed by atoms with van der Waals surface area (Å²) in [6.45, 7) is 4.15. The lowest BCUT2D eigenvalue weighted by molar-refractivity contribution is 0.112. The van der Waals surface area contributed by atoms with Crippen LogP contribution in [0.25, 0.3) is 0 Å². The SMILES string of the molecule is Cc1nc(Cl)c(C=O)c(NCc2cn[nH]c2C)n1. The summed E-state index contributed by atoms with van der Waals surface area (Å²) in [5, 5.41) is 9.97. The smallest absolute Gasteiger partial charge is 0.156 e. The third-order valence-corrected chi connectivity index (χ3v) is 2.80. The van der Waals surface area contributed by atoms with Crippen LogP contribution in [0.5, 0.6) is 0 Å². The molecule has 0 atom stereocenters. The Kier molecular flexibility index (Phi) is 3.57. The number of nitrogens with one attached hydrogen (secondary N) is 2. The summed E-state index contributed by atoms with van der Waals surface area (Å²) in [5.41, 5.74) is 2.23. The molecule has 0 spiro atoms. The van der Waals surface area contributed by atoms with Crippen molar-refractivity contribution in [1.29, 1.82) is 0 Å². The second-order valence-corrected chi connectivity index (χ2v) is 4.17. The number of rotatable bonds is 4. The molecule has 2 N–H and O–H groups in total. The Morgan fingerprint density at radius 3 is 2.83 bits per heavy atom. The summed E-state index contributed by atoms with van der Waals surface area (Å²) < 4.78 is 0. The van der Waals surface area contributed by atoms with Gasteiger partial charge in [0.25, 0.3) is 0 Å². The van der Waals surface area contributed by atoms with Crippen LogP contribution in [0.15, 0.2) is 6.20 Å². The molecular weight excluding hydrogens is 254 g/mol. The van der Waals surface area contributed by atoms with Crippen LogP contribution in [-0.4, -0.2) is 26.5 Å². The molecule has 2 rings (SSSR count). The molecule has 0 fully saturated rings. The van der Waals surface area contributed by atoms with E-state index in [-0.39, 0.29) is 10.7 Å². The van der Waals surface area contributed by atoms with Gasteiger partial charge in [0.05, 0.1) is 11.8 Å². The molecule has 2 heterocycles. The van der Waals surface area contributed by atoms with Crippen molar-refractivity contribution in [3.8, 4) is 0 Å². The lowest BCUT2D eigenvalue weighted by atomic mass is 10.2. The van der Waals surface area contributed by atoms with E-state index in [1.807, 2.05) is 6.92 Å². The van der Waals surface area contributed by atoms with Crippen LogP contribution in [0.2, 0.25) is 5.15 Å². The van der Waals surface area contributed by atoms with Gasteiger partial charge in [-0.05, 0) is 13.8 Å². The van der Waals surface area contributed by atoms with Gasteiger partial charge >= 0.3 is 0 Å². The van der Waals surface area contributed by atoms with E-state index in [2.05, 4.69) is 25.5 Å². The first kappa shape index (κ1) is 12.5. The van der Waals surface area contributed by atoms with E-state index in [0.29, 0.717) is 24.5 Å². The molecule has 0 unspecified atom stereocenters. The number of hydrogen-bond acceptors (Lipinski definition) is 5. The zero-order valence-electron chi connectivity index (χ0n) is 9.99. The van der Waals surface area contributed by atoms with Crippen LogP contribution in [0.3, 0.4) is 0 Å². The molecule has 18 heavy (non-hydrogen) atoms. The van der Waals surface area contributed by atoms with Crippen molar-refractivity contribution in [3.05, 3.63) is 34.0 Å². The van der Waals surface area contributed by atoms with Crippen molar-refractivity contribution in [1.82, 2.24) is 20.2 Å². The van der Waals surface area contributed by atoms with E-state index >= 15 is 0 Å². The van der Waals surface area contributed by atoms with Crippen molar-refractivity contribution in [2.24, 2.45) is 0 Å². The summed E-state index contributed by atoms with van der Waals surface area (Å²) in [7, 11) is 0. The normalized spacial score (nSPS) is 10.4. The fourth-order valence-electron chi connectivity index (χ4n) is 1.52. The highest BCUT2D eigenvalue weighted by Gasteiger charge is 2.11. The second kappa shape index (κ2) is 5.14. The fraction of sp³-hybridized carbons (Fsp3) is 0.273. The molecule has 94 valence electrons. The van der Waals surface area contributed by atoms with Gasteiger partial charge < -0.3 is 5.32 Å². The van der Waals surface area contributed by atoms with Gasteiger partial charge in [-0.3, -0.25) is 9.89 Å². The molecule has 0 aromatic carbocycles. The summed E-state index contributed by atoms with van der Waals surface area (Å²) in [6.07, 6.45) is 2.37. The Hall–Kier alpha value is -1.95. The van der Waals surface area contributed by atoms with Crippen LogP contribution < -0.4 is 5.32 Å². The van der Waals surface area contributed by atoms with E-state index < -0.39 is 0 Å². The highest BCUT2D eigenvalue weighted by Crippen LogP contribution is 2.19. The number of nitrogens with zero attached hydrogens (tertiary/aromatic N) is 3. The van der Waals surface area contributed by atoms with Gasteiger partial charge in [0.1, 0.15) is 16.8 Å². The van der Waals surface area contributed by atoms with Crippen LogP contribution in [-0.2, 0) is 6.54 Å². The largest absolute Gasteiger partial charge is 0.365 e. The van der Waals surface area contributed by atoms with E-state index in [1.165, 1.54) is 0 Å². The highest BCUT2D eigenvalue weighted by molar-refractivity contribution is 6.32. The third-order valence-electron chi connectivity index (χ3n) is 2.51. The van der Waals surface area contributed by atoms with Crippen molar-refractivity contribution in [3.63, 3.8) is 0 Å². The van der Waals surface area contributed by atoms with Crippen molar-refractivity contribution < 1.29 is 4.79 Å². The number of aromatic nitrogens is 4. The molecule has 0 saturated carbocycles. The number of aromatic amines is 1. The molecule has 2 aromatic heterocycles. The predicted octanol–water partition coefficient (Wildman–Crippen LogP) is 1.89. The summed E-state index contributed by atoms with van der Waals surface area (Å²) >= 11 is 5.89. The van der Waals surface area contributed by atoms with Crippen LogP contribution in [0, 0.1) is 13.8 Å². The minimum Gasteiger partial charge on any atom is -0.365 e. The molecule has 0 aliphatic heterocycles. The Balaban J connectivity index is 2.23. The number of aryl methyl sites for hydroxylation is 2. The molecule has 6 nitrogen and oxygen atoms in total. The van der Waals surface area contributed by atoms with Gasteiger partial charge in [0.15, 0.2) is 6.29 Å². The van der Waals surface area contributed by atoms with Crippen molar-refractivity contribution in [2.45, 2.75) is 20.4 Å². The summed E-state index contributed by atoms with van der Waals surface area (Å²) in [6, 6.07) is 0. The number of anilines is 1. The van der Waals surface area contributed by atoms with Gasteiger partial charge in [0, 0.05) is 17.8 Å². The Bertz CT molecular complexity index is 581. The molecule has 0 amide bonds. The maximum Gasteiger partial charge on any atom is 0.156 e. The number of hydrogen-bond donors (Lipinski definition) is 2. The van der Waals surface area contributed by atoms with Crippen molar-refractivity contribution >= 4 is 23.7 Å². The first-order valence-electron chi connectivity index (χ1n) is 5.34. The van der Waals surface area contributed by atoms with E-state index in [9.17, 15) is 4.79 Å². The standard InChI is InChI=1S/C11H12ClN5O/c1-6-8(4-14-17-6)3-13-11-9(5-18)10(12)15-7(2)16-11/h4-5H,3H2,1-2H3,(H,14,17)(H,13,15,16). The van der Waals surface area contributed by atoms with Gasteiger partial charge in [-0.15, -0.1) is 0 Å². The number of H-pyrrole nitrogens is 1. The Morgan fingerprint density at radius 1 is 1.44 bits per heavy atom. The minimum absolute atomic E-state index is 0.156. The van der Waals surface area contributed by atoms with Gasteiger partial charge in [0.2, 0.25) is 0 Å². The first-order valence-corrected chi connectivity index (χ1v) is 5.71. The number of carbonyl (C=O) groups excluding carboxylic acids is 1. The second-order valence-electron chi connectivity index (χ2n) is 3.82. The fourth-order valence-corrected chi connectivity index (χ4v) is 1.78. The Morgan fingerprint density at radius 2 is 2.22 bits per heavy atom. The number of carbonyl (C=O) groups is 1. The van der Waals surface area contributed by atoms with E-state index in [4.69, 9.17) is 11.6 Å². The number of aldehydes is 1. The summed E-state index contributed by atoms with van der Waals surface area (Å²) in [5.74, 6) is 0.945. The van der Waals surface area contributed by atoms with Gasteiger partial charge in [-0.2, -0.15) is 5.10 Å². The maximum absolute atomic E-state index is 11.0. The highest BCUT2D eigenvalue weighted by atomic mass is 35.5. The van der Waals surface area contributed by atoms with Gasteiger partial charge in [-0.25, -0.2) is 9.97 Å². The molecule has 0 saturated heterocycles. The molecule has 0 radical (unpaired) electrons. The first-order chi connectivity index (χ1) is 8.61. The van der Waals surface area contributed by atoms with Gasteiger partial charge in [-0.1, -0.05) is 11.6 Å². The van der Waals surface area contributed by atoms with Crippen molar-refractivity contribution in [2.75, 3.05) is 5.32 Å². The quantitative estimate of drug-likeness (QED) is 0.652. The topological polar surface area (TPSA) is 83.6 Å². The maximum atomic E-state index is 11.0. The van der Waals surface area contributed by atoms with Crippen LogP contribution >= 0.6 is 11.6 Å².